The highest BCUT2D eigenvalue weighted by atomic mass is 32.1. The maximum atomic E-state index is 5.33. The summed E-state index contributed by atoms with van der Waals surface area (Å²) in [6, 6.07) is 14.2. The van der Waals surface area contributed by atoms with Crippen LogP contribution in [0.25, 0.3) is 0 Å². The minimum atomic E-state index is 0.623. The Morgan fingerprint density at radius 2 is 1.81 bits per heavy atom. The molecule has 2 aromatic carbocycles. The van der Waals surface area contributed by atoms with E-state index in [0.29, 0.717) is 11.7 Å². The van der Waals surface area contributed by atoms with Crippen molar-refractivity contribution in [1.29, 1.82) is 0 Å². The molecule has 0 radical (unpaired) electrons. The first-order valence-corrected chi connectivity index (χ1v) is 7.24. The number of methoxy groups -OCH3 is 1. The van der Waals surface area contributed by atoms with Crippen LogP contribution in [0.15, 0.2) is 42.5 Å². The molecule has 2 aromatic rings. The Hall–Kier alpha value is -2.07. The quantitative estimate of drug-likeness (QED) is 0.842. The van der Waals surface area contributed by atoms with Crippen LogP contribution in [0.3, 0.4) is 0 Å². The zero-order chi connectivity index (χ0) is 15.2. The molecule has 4 heteroatoms. The predicted molar refractivity (Wildman–Crippen MR) is 92.0 cm³/mol. The fourth-order valence-corrected chi connectivity index (χ4v) is 2.23. The van der Waals surface area contributed by atoms with Gasteiger partial charge in [-0.05, 0) is 55.4 Å². The summed E-state index contributed by atoms with van der Waals surface area (Å²) in [4.78, 5) is 0. The monoisotopic (exact) mass is 300 g/mol. The van der Waals surface area contributed by atoms with Crippen molar-refractivity contribution in [2.75, 3.05) is 12.4 Å². The fraction of sp³-hybridized carbons (Fsp3) is 0.235. The predicted octanol–water partition coefficient (Wildman–Crippen LogP) is 3.80. The SMILES string of the molecule is COc1ccc(CNC(=S)Nc2ccc(C)cc2C)cc1. The van der Waals surface area contributed by atoms with Crippen LogP contribution in [0.1, 0.15) is 16.7 Å². The van der Waals surface area contributed by atoms with Gasteiger partial charge in [-0.25, -0.2) is 0 Å². The van der Waals surface area contributed by atoms with E-state index in [9.17, 15) is 0 Å². The average molecular weight is 300 g/mol. The van der Waals surface area contributed by atoms with Crippen LogP contribution in [0.5, 0.6) is 5.75 Å². The maximum absolute atomic E-state index is 5.33. The molecule has 110 valence electrons. The van der Waals surface area contributed by atoms with Crippen LogP contribution in [0.2, 0.25) is 0 Å². The van der Waals surface area contributed by atoms with Gasteiger partial charge in [0.2, 0.25) is 0 Å². The maximum Gasteiger partial charge on any atom is 0.171 e. The van der Waals surface area contributed by atoms with Gasteiger partial charge in [-0.2, -0.15) is 0 Å². The molecule has 0 spiro atoms. The van der Waals surface area contributed by atoms with Gasteiger partial charge in [0.1, 0.15) is 5.75 Å². The Bertz CT molecular complexity index is 623. The number of benzene rings is 2. The van der Waals surface area contributed by atoms with E-state index in [1.54, 1.807) is 7.11 Å². The number of ether oxygens (including phenoxy) is 1. The summed E-state index contributed by atoms with van der Waals surface area (Å²) >= 11 is 5.33. The average Bonchev–Trinajstić information content (AvgIpc) is 2.48. The van der Waals surface area contributed by atoms with Gasteiger partial charge in [0, 0.05) is 12.2 Å². The highest BCUT2D eigenvalue weighted by Gasteiger charge is 2.02. The van der Waals surface area contributed by atoms with Crippen LogP contribution in [0, 0.1) is 13.8 Å². The minimum absolute atomic E-state index is 0.623. The van der Waals surface area contributed by atoms with Gasteiger partial charge in [-0.1, -0.05) is 29.8 Å². The Balaban J connectivity index is 1.89. The molecule has 0 bridgehead atoms. The molecule has 0 aliphatic rings. The second kappa shape index (κ2) is 7.09. The first kappa shape index (κ1) is 15.3. The van der Waals surface area contributed by atoms with Gasteiger partial charge >= 0.3 is 0 Å². The van der Waals surface area contributed by atoms with Crippen molar-refractivity contribution in [3.63, 3.8) is 0 Å². The Kier molecular flexibility index (Phi) is 5.17. The summed E-state index contributed by atoms with van der Waals surface area (Å²) in [6.45, 7) is 4.83. The van der Waals surface area contributed by atoms with Crippen molar-refractivity contribution in [3.05, 3.63) is 59.2 Å². The van der Waals surface area contributed by atoms with E-state index in [4.69, 9.17) is 17.0 Å². The van der Waals surface area contributed by atoms with E-state index in [1.165, 1.54) is 11.1 Å². The van der Waals surface area contributed by atoms with E-state index in [1.807, 2.05) is 30.3 Å². The molecule has 2 rings (SSSR count). The molecular formula is C17H20N2OS. The molecule has 0 atom stereocenters. The van der Waals surface area contributed by atoms with Crippen molar-refractivity contribution < 1.29 is 4.74 Å². The third kappa shape index (κ3) is 4.46. The largest absolute Gasteiger partial charge is 0.497 e. The third-order valence-corrected chi connectivity index (χ3v) is 3.49. The van der Waals surface area contributed by atoms with E-state index in [0.717, 1.165) is 17.0 Å². The summed E-state index contributed by atoms with van der Waals surface area (Å²) in [5, 5.41) is 7.06. The summed E-state index contributed by atoms with van der Waals surface area (Å²) in [5.41, 5.74) is 4.62. The summed E-state index contributed by atoms with van der Waals surface area (Å²) in [7, 11) is 1.66. The van der Waals surface area contributed by atoms with Crippen LogP contribution in [-0.2, 0) is 6.54 Å². The number of aryl methyl sites for hydroxylation is 2. The number of thiocarbonyl (C=S) groups is 1. The van der Waals surface area contributed by atoms with E-state index in [-0.39, 0.29) is 0 Å². The molecule has 21 heavy (non-hydrogen) atoms. The van der Waals surface area contributed by atoms with Crippen LogP contribution >= 0.6 is 12.2 Å². The summed E-state index contributed by atoms with van der Waals surface area (Å²) in [6.07, 6.45) is 0. The van der Waals surface area contributed by atoms with E-state index < -0.39 is 0 Å². The van der Waals surface area contributed by atoms with E-state index >= 15 is 0 Å². The second-order valence-corrected chi connectivity index (χ2v) is 5.38. The van der Waals surface area contributed by atoms with E-state index in [2.05, 4.69) is 36.6 Å². The minimum Gasteiger partial charge on any atom is -0.497 e. The molecule has 0 heterocycles. The number of rotatable bonds is 4. The molecule has 0 aliphatic carbocycles. The molecule has 0 amide bonds. The standard InChI is InChI=1S/C17H20N2OS/c1-12-4-9-16(13(2)10-12)19-17(21)18-11-14-5-7-15(20-3)8-6-14/h4-10H,11H2,1-3H3,(H2,18,19,21). The number of hydrogen-bond acceptors (Lipinski definition) is 2. The van der Waals surface area contributed by atoms with Crippen molar-refractivity contribution >= 4 is 23.0 Å². The molecule has 2 N–H and O–H groups in total. The fourth-order valence-electron chi connectivity index (χ4n) is 2.05. The lowest BCUT2D eigenvalue weighted by molar-refractivity contribution is 0.414. The Morgan fingerprint density at radius 3 is 2.43 bits per heavy atom. The zero-order valence-corrected chi connectivity index (χ0v) is 13.4. The number of hydrogen-bond donors (Lipinski definition) is 2. The summed E-state index contributed by atoms with van der Waals surface area (Å²) < 4.78 is 5.14. The topological polar surface area (TPSA) is 33.3 Å². The van der Waals surface area contributed by atoms with Crippen molar-refractivity contribution in [2.45, 2.75) is 20.4 Å². The van der Waals surface area contributed by atoms with Gasteiger partial charge in [0.25, 0.3) is 0 Å². The molecule has 0 aliphatic heterocycles. The molecular weight excluding hydrogens is 280 g/mol. The van der Waals surface area contributed by atoms with Crippen LogP contribution in [0.4, 0.5) is 5.69 Å². The van der Waals surface area contributed by atoms with Gasteiger partial charge in [-0.3, -0.25) is 0 Å². The van der Waals surface area contributed by atoms with Crippen LogP contribution in [-0.4, -0.2) is 12.2 Å². The molecule has 0 aromatic heterocycles. The van der Waals surface area contributed by atoms with Crippen molar-refractivity contribution in [3.8, 4) is 5.75 Å². The van der Waals surface area contributed by atoms with Crippen molar-refractivity contribution in [1.82, 2.24) is 5.32 Å². The lowest BCUT2D eigenvalue weighted by Gasteiger charge is -2.13. The van der Waals surface area contributed by atoms with Crippen molar-refractivity contribution in [2.24, 2.45) is 0 Å². The molecule has 0 saturated carbocycles. The normalized spacial score (nSPS) is 10.0. The smallest absolute Gasteiger partial charge is 0.171 e. The molecule has 0 saturated heterocycles. The Labute approximate surface area is 131 Å². The first-order chi connectivity index (χ1) is 10.1. The first-order valence-electron chi connectivity index (χ1n) is 6.83. The third-order valence-electron chi connectivity index (χ3n) is 3.24. The lowest BCUT2D eigenvalue weighted by atomic mass is 10.1. The van der Waals surface area contributed by atoms with Gasteiger partial charge in [0.05, 0.1) is 7.11 Å². The second-order valence-electron chi connectivity index (χ2n) is 4.97. The van der Waals surface area contributed by atoms with Crippen LogP contribution < -0.4 is 15.4 Å². The highest BCUT2D eigenvalue weighted by Crippen LogP contribution is 2.16. The number of nitrogens with one attached hydrogen (secondary N) is 2. The zero-order valence-electron chi connectivity index (χ0n) is 12.6. The van der Waals surface area contributed by atoms with Gasteiger partial charge < -0.3 is 15.4 Å². The summed E-state index contributed by atoms with van der Waals surface area (Å²) in [5.74, 6) is 0.856. The van der Waals surface area contributed by atoms with Gasteiger partial charge in [-0.15, -0.1) is 0 Å². The molecule has 3 nitrogen and oxygen atoms in total. The lowest BCUT2D eigenvalue weighted by Crippen LogP contribution is -2.28. The molecule has 0 unspecified atom stereocenters. The van der Waals surface area contributed by atoms with Gasteiger partial charge in [0.15, 0.2) is 5.11 Å². The number of anilines is 1. The highest BCUT2D eigenvalue weighted by molar-refractivity contribution is 7.80. The Morgan fingerprint density at radius 1 is 1.10 bits per heavy atom. The molecule has 0 fully saturated rings.